The fourth-order valence-corrected chi connectivity index (χ4v) is 2.64. The van der Waals surface area contributed by atoms with E-state index in [0.717, 1.165) is 36.4 Å². The monoisotopic (exact) mass is 328 g/mol. The number of hydrogen-bond donors (Lipinski definition) is 2. The lowest BCUT2D eigenvalue weighted by molar-refractivity contribution is -0.121. The predicted octanol–water partition coefficient (Wildman–Crippen LogP) is 1.93. The summed E-state index contributed by atoms with van der Waals surface area (Å²) in [5.41, 5.74) is 1.04. The van der Waals surface area contributed by atoms with Gasteiger partial charge in [0.05, 0.1) is 14.2 Å². The van der Waals surface area contributed by atoms with Crippen LogP contribution in [0.5, 0.6) is 11.5 Å². The maximum Gasteiger partial charge on any atom is 0.221 e. The normalized spacial score (nSPS) is 16.7. The Morgan fingerprint density at radius 1 is 1.36 bits per heavy atom. The van der Waals surface area contributed by atoms with Gasteiger partial charge in [0.25, 0.3) is 0 Å². The van der Waals surface area contributed by atoms with Crippen LogP contribution in [0.2, 0.25) is 0 Å². The van der Waals surface area contributed by atoms with E-state index in [1.54, 1.807) is 14.2 Å². The lowest BCUT2D eigenvalue weighted by Gasteiger charge is -2.12. The minimum atomic E-state index is 0. The molecule has 1 aliphatic rings. The molecule has 6 heteroatoms. The number of methoxy groups -OCH3 is 2. The fraction of sp³-hybridized carbons (Fsp3) is 0.562. The topological polar surface area (TPSA) is 59.6 Å². The molecule has 5 nitrogen and oxygen atoms in total. The van der Waals surface area contributed by atoms with Crippen molar-refractivity contribution in [1.29, 1.82) is 0 Å². The van der Waals surface area contributed by atoms with Crippen LogP contribution < -0.4 is 20.1 Å². The number of nitrogens with one attached hydrogen (secondary N) is 2. The van der Waals surface area contributed by atoms with Crippen molar-refractivity contribution in [2.45, 2.75) is 31.7 Å². The summed E-state index contributed by atoms with van der Waals surface area (Å²) in [6.07, 6.45) is 3.55. The first-order valence-electron chi connectivity index (χ1n) is 7.44. The first-order chi connectivity index (χ1) is 10.2. The van der Waals surface area contributed by atoms with Gasteiger partial charge in [-0.15, -0.1) is 12.4 Å². The van der Waals surface area contributed by atoms with Gasteiger partial charge in [-0.25, -0.2) is 0 Å². The van der Waals surface area contributed by atoms with Crippen molar-refractivity contribution in [3.05, 3.63) is 23.8 Å². The molecule has 22 heavy (non-hydrogen) atoms. The standard InChI is InChI=1S/C16H24N2O3.ClH/c1-20-14-5-6-15(21-2)12(10-14)7-9-18-16(19)11-13-4-3-8-17-13;/h5-6,10,13,17H,3-4,7-9,11H2,1-2H3,(H,18,19);1H. The molecule has 1 aliphatic heterocycles. The molecular weight excluding hydrogens is 304 g/mol. The van der Waals surface area contributed by atoms with Gasteiger partial charge in [0.1, 0.15) is 11.5 Å². The van der Waals surface area contributed by atoms with E-state index < -0.39 is 0 Å². The number of halogens is 1. The van der Waals surface area contributed by atoms with Crippen molar-refractivity contribution in [2.24, 2.45) is 0 Å². The van der Waals surface area contributed by atoms with Crippen molar-refractivity contribution in [3.63, 3.8) is 0 Å². The molecule has 2 rings (SSSR count). The second kappa shape index (κ2) is 9.54. The SMILES string of the molecule is COc1ccc(OC)c(CCNC(=O)CC2CCCN2)c1.Cl. The van der Waals surface area contributed by atoms with Crippen molar-refractivity contribution >= 4 is 18.3 Å². The van der Waals surface area contributed by atoms with Crippen LogP contribution >= 0.6 is 12.4 Å². The molecule has 124 valence electrons. The van der Waals surface area contributed by atoms with Gasteiger partial charge in [-0.05, 0) is 49.6 Å². The molecule has 2 N–H and O–H groups in total. The van der Waals surface area contributed by atoms with E-state index in [1.165, 1.54) is 6.42 Å². The molecule has 1 atom stereocenters. The van der Waals surface area contributed by atoms with Gasteiger partial charge in [-0.3, -0.25) is 4.79 Å². The van der Waals surface area contributed by atoms with Gasteiger partial charge in [-0.2, -0.15) is 0 Å². The fourth-order valence-electron chi connectivity index (χ4n) is 2.64. The number of carbonyl (C=O) groups is 1. The Hall–Kier alpha value is -1.46. The third-order valence-electron chi connectivity index (χ3n) is 3.80. The van der Waals surface area contributed by atoms with Crippen LogP contribution in [0.3, 0.4) is 0 Å². The molecule has 0 radical (unpaired) electrons. The van der Waals surface area contributed by atoms with Crippen LogP contribution in [0.1, 0.15) is 24.8 Å². The molecule has 0 bridgehead atoms. The number of rotatable bonds is 7. The smallest absolute Gasteiger partial charge is 0.221 e. The molecule has 0 saturated carbocycles. The molecule has 0 aromatic heterocycles. The largest absolute Gasteiger partial charge is 0.497 e. The molecule has 1 aromatic carbocycles. The molecule has 1 aromatic rings. The zero-order chi connectivity index (χ0) is 15.1. The first-order valence-corrected chi connectivity index (χ1v) is 7.44. The molecule has 1 amide bonds. The highest BCUT2D eigenvalue weighted by molar-refractivity contribution is 5.85. The average molecular weight is 329 g/mol. The van der Waals surface area contributed by atoms with E-state index in [2.05, 4.69) is 10.6 Å². The van der Waals surface area contributed by atoms with Crippen molar-refractivity contribution < 1.29 is 14.3 Å². The highest BCUT2D eigenvalue weighted by atomic mass is 35.5. The molecule has 1 heterocycles. The summed E-state index contributed by atoms with van der Waals surface area (Å²) >= 11 is 0. The van der Waals surface area contributed by atoms with Crippen LogP contribution in [0.15, 0.2) is 18.2 Å². The van der Waals surface area contributed by atoms with Gasteiger partial charge in [0.2, 0.25) is 5.91 Å². The van der Waals surface area contributed by atoms with Gasteiger partial charge >= 0.3 is 0 Å². The Morgan fingerprint density at radius 3 is 2.82 bits per heavy atom. The number of hydrogen-bond acceptors (Lipinski definition) is 4. The molecule has 1 unspecified atom stereocenters. The zero-order valence-corrected chi connectivity index (χ0v) is 14.0. The minimum Gasteiger partial charge on any atom is -0.497 e. The Morgan fingerprint density at radius 2 is 2.18 bits per heavy atom. The molecular formula is C16H25ClN2O3. The molecule has 1 fully saturated rings. The summed E-state index contributed by atoms with van der Waals surface area (Å²) < 4.78 is 10.6. The lowest BCUT2D eigenvalue weighted by atomic mass is 10.1. The van der Waals surface area contributed by atoms with Crippen molar-refractivity contribution in [3.8, 4) is 11.5 Å². The van der Waals surface area contributed by atoms with Gasteiger partial charge in [0, 0.05) is 19.0 Å². The third-order valence-corrected chi connectivity index (χ3v) is 3.80. The first kappa shape index (κ1) is 18.6. The van der Waals surface area contributed by atoms with E-state index in [-0.39, 0.29) is 18.3 Å². The predicted molar refractivity (Wildman–Crippen MR) is 89.1 cm³/mol. The van der Waals surface area contributed by atoms with Crippen LogP contribution in [0, 0.1) is 0 Å². The second-order valence-corrected chi connectivity index (χ2v) is 5.28. The summed E-state index contributed by atoms with van der Waals surface area (Å²) in [5, 5.41) is 6.30. The Labute approximate surface area is 138 Å². The minimum absolute atomic E-state index is 0. The van der Waals surface area contributed by atoms with E-state index in [9.17, 15) is 4.79 Å². The van der Waals surface area contributed by atoms with Gasteiger partial charge in [-0.1, -0.05) is 0 Å². The third kappa shape index (κ3) is 5.39. The highest BCUT2D eigenvalue weighted by Gasteiger charge is 2.17. The van der Waals surface area contributed by atoms with E-state index in [1.807, 2.05) is 18.2 Å². The maximum absolute atomic E-state index is 11.9. The number of benzene rings is 1. The van der Waals surface area contributed by atoms with Crippen LogP contribution in [-0.2, 0) is 11.2 Å². The van der Waals surface area contributed by atoms with E-state index in [4.69, 9.17) is 9.47 Å². The molecule has 0 aliphatic carbocycles. The van der Waals surface area contributed by atoms with Crippen molar-refractivity contribution in [2.75, 3.05) is 27.3 Å². The Balaban J connectivity index is 0.00000242. The summed E-state index contributed by atoms with van der Waals surface area (Å²) in [6.45, 7) is 1.63. The quantitative estimate of drug-likeness (QED) is 0.803. The summed E-state index contributed by atoms with van der Waals surface area (Å²) in [7, 11) is 3.29. The Kier molecular flexibility index (Phi) is 8.06. The number of amides is 1. The summed E-state index contributed by atoms with van der Waals surface area (Å²) in [5.74, 6) is 1.73. The summed E-state index contributed by atoms with van der Waals surface area (Å²) in [4.78, 5) is 11.9. The number of ether oxygens (including phenoxy) is 2. The van der Waals surface area contributed by atoms with Gasteiger partial charge < -0.3 is 20.1 Å². The molecule has 1 saturated heterocycles. The Bertz CT molecular complexity index is 476. The van der Waals surface area contributed by atoms with Crippen LogP contribution in [-0.4, -0.2) is 39.3 Å². The second-order valence-electron chi connectivity index (χ2n) is 5.28. The van der Waals surface area contributed by atoms with E-state index >= 15 is 0 Å². The van der Waals surface area contributed by atoms with Crippen LogP contribution in [0.25, 0.3) is 0 Å². The maximum atomic E-state index is 11.9. The van der Waals surface area contributed by atoms with Crippen molar-refractivity contribution in [1.82, 2.24) is 10.6 Å². The lowest BCUT2D eigenvalue weighted by Crippen LogP contribution is -2.32. The van der Waals surface area contributed by atoms with Gasteiger partial charge in [0.15, 0.2) is 0 Å². The number of carbonyl (C=O) groups excluding carboxylic acids is 1. The van der Waals surface area contributed by atoms with E-state index in [0.29, 0.717) is 19.0 Å². The molecule has 0 spiro atoms. The zero-order valence-electron chi connectivity index (χ0n) is 13.2. The summed E-state index contributed by atoms with van der Waals surface area (Å²) in [6, 6.07) is 6.05. The average Bonchev–Trinajstić information content (AvgIpc) is 3.00. The highest BCUT2D eigenvalue weighted by Crippen LogP contribution is 2.24. The van der Waals surface area contributed by atoms with Crippen LogP contribution in [0.4, 0.5) is 0 Å².